The first-order valence-electron chi connectivity index (χ1n) is 8.49. The van der Waals surface area contributed by atoms with Gasteiger partial charge in [-0.2, -0.15) is 0 Å². The predicted molar refractivity (Wildman–Crippen MR) is 107 cm³/mol. The van der Waals surface area contributed by atoms with E-state index in [9.17, 15) is 9.59 Å². The highest BCUT2D eigenvalue weighted by atomic mass is 79.9. The minimum Gasteiger partial charge on any atom is -0.332 e. The van der Waals surface area contributed by atoms with E-state index in [4.69, 9.17) is 0 Å². The fourth-order valence-corrected chi connectivity index (χ4v) is 2.81. The van der Waals surface area contributed by atoms with Crippen molar-refractivity contribution in [3.8, 4) is 0 Å². The van der Waals surface area contributed by atoms with Crippen LogP contribution in [0, 0.1) is 6.92 Å². The lowest BCUT2D eigenvalue weighted by Crippen LogP contribution is -3.08. The number of nitrogens with one attached hydrogen (secondary N) is 2. The van der Waals surface area contributed by atoms with Crippen LogP contribution in [0.3, 0.4) is 0 Å². The quantitative estimate of drug-likeness (QED) is 0.720. The third-order valence-electron chi connectivity index (χ3n) is 4.01. The first-order valence-corrected chi connectivity index (χ1v) is 9.29. The average molecular weight is 419 g/mol. The van der Waals surface area contributed by atoms with Crippen LogP contribution < -0.4 is 10.2 Å². The predicted octanol–water partition coefficient (Wildman–Crippen LogP) is 1.87. The molecule has 0 saturated carbocycles. The zero-order valence-corrected chi connectivity index (χ0v) is 17.0. The summed E-state index contributed by atoms with van der Waals surface area (Å²) in [6.07, 6.45) is 0. The van der Waals surface area contributed by atoms with Crippen molar-refractivity contribution >= 4 is 33.4 Å². The van der Waals surface area contributed by atoms with E-state index >= 15 is 0 Å². The molecule has 0 fully saturated rings. The van der Waals surface area contributed by atoms with Crippen LogP contribution in [-0.4, -0.2) is 43.9 Å². The summed E-state index contributed by atoms with van der Waals surface area (Å²) in [5.41, 5.74) is 3.03. The van der Waals surface area contributed by atoms with Gasteiger partial charge in [0, 0.05) is 22.8 Å². The molecule has 2 aromatic carbocycles. The second kappa shape index (κ2) is 9.50. The lowest BCUT2D eigenvalue weighted by molar-refractivity contribution is -0.885. The Hall–Kier alpha value is -2.18. The SMILES string of the molecule is Cc1ccc(NC(=O)CN(C)C(=O)C[NH+](C)Cc2ccc(Br)cc2)cc1. The molecule has 0 aliphatic carbocycles. The summed E-state index contributed by atoms with van der Waals surface area (Å²) in [5, 5.41) is 2.81. The molecule has 0 aliphatic heterocycles. The number of rotatable bonds is 7. The van der Waals surface area contributed by atoms with Crippen molar-refractivity contribution in [3.63, 3.8) is 0 Å². The van der Waals surface area contributed by atoms with E-state index < -0.39 is 0 Å². The lowest BCUT2D eigenvalue weighted by Gasteiger charge is -2.20. The summed E-state index contributed by atoms with van der Waals surface area (Å²) >= 11 is 3.42. The number of aryl methyl sites for hydroxylation is 1. The van der Waals surface area contributed by atoms with E-state index in [1.807, 2.05) is 62.5 Å². The number of quaternary nitrogens is 1. The summed E-state index contributed by atoms with van der Waals surface area (Å²) in [5.74, 6) is -0.256. The highest BCUT2D eigenvalue weighted by Crippen LogP contribution is 2.10. The molecule has 138 valence electrons. The van der Waals surface area contributed by atoms with Gasteiger partial charge in [-0.1, -0.05) is 45.8 Å². The molecule has 0 heterocycles. The van der Waals surface area contributed by atoms with Gasteiger partial charge < -0.3 is 15.1 Å². The topological polar surface area (TPSA) is 53.9 Å². The van der Waals surface area contributed by atoms with Gasteiger partial charge in [0.25, 0.3) is 5.91 Å². The van der Waals surface area contributed by atoms with Crippen LogP contribution in [0.2, 0.25) is 0 Å². The number of benzene rings is 2. The molecule has 1 unspecified atom stereocenters. The number of carbonyl (C=O) groups is 2. The van der Waals surface area contributed by atoms with Gasteiger partial charge in [-0.05, 0) is 31.2 Å². The normalized spacial score (nSPS) is 11.7. The maximum absolute atomic E-state index is 12.3. The fourth-order valence-electron chi connectivity index (χ4n) is 2.55. The molecule has 5 nitrogen and oxygen atoms in total. The van der Waals surface area contributed by atoms with E-state index in [0.717, 1.165) is 27.2 Å². The zero-order chi connectivity index (χ0) is 19.1. The van der Waals surface area contributed by atoms with Gasteiger partial charge in [0.15, 0.2) is 6.54 Å². The minimum atomic E-state index is -0.199. The largest absolute Gasteiger partial charge is 0.332 e. The molecule has 1 atom stereocenters. The fraction of sp³-hybridized carbons (Fsp3) is 0.300. The van der Waals surface area contributed by atoms with Gasteiger partial charge in [-0.15, -0.1) is 0 Å². The van der Waals surface area contributed by atoms with Gasteiger partial charge in [0.2, 0.25) is 5.91 Å². The molecule has 0 saturated heterocycles. The third-order valence-corrected chi connectivity index (χ3v) is 4.54. The van der Waals surface area contributed by atoms with Gasteiger partial charge in [-0.25, -0.2) is 0 Å². The van der Waals surface area contributed by atoms with Crippen molar-refractivity contribution in [2.24, 2.45) is 0 Å². The van der Waals surface area contributed by atoms with Crippen molar-refractivity contribution in [2.75, 3.05) is 32.5 Å². The van der Waals surface area contributed by atoms with Gasteiger partial charge in [0.1, 0.15) is 6.54 Å². The molecule has 0 aliphatic rings. The Labute approximate surface area is 163 Å². The van der Waals surface area contributed by atoms with E-state index in [1.54, 1.807) is 7.05 Å². The lowest BCUT2D eigenvalue weighted by atomic mass is 10.2. The number of halogens is 1. The number of likely N-dealkylation sites (N-methyl/N-ethyl adjacent to an activating group) is 2. The van der Waals surface area contributed by atoms with Crippen LogP contribution >= 0.6 is 15.9 Å². The van der Waals surface area contributed by atoms with Crippen LogP contribution in [0.25, 0.3) is 0 Å². The monoisotopic (exact) mass is 418 g/mol. The van der Waals surface area contributed by atoms with Crippen molar-refractivity contribution < 1.29 is 14.5 Å². The molecule has 26 heavy (non-hydrogen) atoms. The van der Waals surface area contributed by atoms with E-state index in [1.165, 1.54) is 10.5 Å². The van der Waals surface area contributed by atoms with E-state index in [2.05, 4.69) is 21.2 Å². The van der Waals surface area contributed by atoms with Crippen LogP contribution in [0.1, 0.15) is 11.1 Å². The van der Waals surface area contributed by atoms with Crippen LogP contribution in [0.4, 0.5) is 5.69 Å². The molecule has 6 heteroatoms. The van der Waals surface area contributed by atoms with Crippen LogP contribution in [0.15, 0.2) is 53.0 Å². The molecule has 0 bridgehead atoms. The highest BCUT2D eigenvalue weighted by molar-refractivity contribution is 9.10. The average Bonchev–Trinajstić information content (AvgIpc) is 2.58. The van der Waals surface area contributed by atoms with Crippen molar-refractivity contribution in [2.45, 2.75) is 13.5 Å². The first-order chi connectivity index (χ1) is 12.3. The molecule has 2 N–H and O–H groups in total. The maximum Gasteiger partial charge on any atom is 0.277 e. The van der Waals surface area contributed by atoms with Gasteiger partial charge in [0.05, 0.1) is 13.6 Å². The minimum absolute atomic E-state index is 0.0400. The molecule has 0 radical (unpaired) electrons. The summed E-state index contributed by atoms with van der Waals surface area (Å²) in [7, 11) is 3.63. The molecule has 0 aromatic heterocycles. The van der Waals surface area contributed by atoms with Gasteiger partial charge in [-0.3, -0.25) is 9.59 Å². The number of nitrogens with zero attached hydrogens (tertiary/aromatic N) is 1. The Kier molecular flexibility index (Phi) is 7.36. The molecular formula is C20H25BrN3O2+. The highest BCUT2D eigenvalue weighted by Gasteiger charge is 2.17. The molecule has 0 spiro atoms. The Morgan fingerprint density at radius 2 is 1.69 bits per heavy atom. The van der Waals surface area contributed by atoms with E-state index in [0.29, 0.717) is 6.54 Å². The number of anilines is 1. The summed E-state index contributed by atoms with van der Waals surface area (Å²) in [6.45, 7) is 3.12. The molecule has 2 amide bonds. The standard InChI is InChI=1S/C20H24BrN3O2/c1-15-4-10-18(11-5-15)22-19(25)13-24(3)20(26)14-23(2)12-16-6-8-17(21)9-7-16/h4-11H,12-14H2,1-3H3,(H,22,25)/p+1. The molecular weight excluding hydrogens is 394 g/mol. The van der Waals surface area contributed by atoms with E-state index in [-0.39, 0.29) is 18.4 Å². The van der Waals surface area contributed by atoms with Crippen molar-refractivity contribution in [1.82, 2.24) is 4.90 Å². The smallest absolute Gasteiger partial charge is 0.277 e. The number of hydrogen-bond donors (Lipinski definition) is 2. The Balaban J connectivity index is 1.79. The third kappa shape index (κ3) is 6.61. The van der Waals surface area contributed by atoms with Gasteiger partial charge >= 0.3 is 0 Å². The summed E-state index contributed by atoms with van der Waals surface area (Å²) in [4.78, 5) is 27.0. The van der Waals surface area contributed by atoms with Crippen molar-refractivity contribution in [3.05, 3.63) is 64.1 Å². The number of hydrogen-bond acceptors (Lipinski definition) is 2. The second-order valence-electron chi connectivity index (χ2n) is 6.60. The second-order valence-corrected chi connectivity index (χ2v) is 7.52. The van der Waals surface area contributed by atoms with Crippen LogP contribution in [0.5, 0.6) is 0 Å². The number of amides is 2. The van der Waals surface area contributed by atoms with Crippen molar-refractivity contribution in [1.29, 1.82) is 0 Å². The first kappa shape index (κ1) is 20.1. The summed E-state index contributed by atoms with van der Waals surface area (Å²) < 4.78 is 1.04. The summed E-state index contributed by atoms with van der Waals surface area (Å²) in [6, 6.07) is 15.6. The zero-order valence-electron chi connectivity index (χ0n) is 15.4. The Morgan fingerprint density at radius 3 is 2.31 bits per heavy atom. The number of carbonyl (C=O) groups excluding carboxylic acids is 2. The van der Waals surface area contributed by atoms with Crippen LogP contribution in [-0.2, 0) is 16.1 Å². The molecule has 2 rings (SSSR count). The Bertz CT molecular complexity index is 745. The Morgan fingerprint density at radius 1 is 1.08 bits per heavy atom. The molecule has 2 aromatic rings. The maximum atomic E-state index is 12.3.